The number of benzene rings is 1. The first-order chi connectivity index (χ1) is 10.2. The van der Waals surface area contributed by atoms with Gasteiger partial charge in [-0.2, -0.15) is 0 Å². The van der Waals surface area contributed by atoms with Crippen LogP contribution in [0.15, 0.2) is 36.4 Å². The Morgan fingerprint density at radius 2 is 1.62 bits per heavy atom. The molecule has 4 nitrogen and oxygen atoms in total. The van der Waals surface area contributed by atoms with Gasteiger partial charge in [0.1, 0.15) is 12.4 Å². The molecule has 110 valence electrons. The molecule has 1 aliphatic carbocycles. The maximum absolute atomic E-state index is 12.3. The topological polar surface area (TPSA) is 46.6 Å². The summed E-state index contributed by atoms with van der Waals surface area (Å²) in [5.74, 6) is 0.381. The maximum atomic E-state index is 12.3. The Morgan fingerprint density at radius 1 is 1.05 bits per heavy atom. The summed E-state index contributed by atoms with van der Waals surface area (Å²) in [6, 6.07) is 7.74. The molecule has 2 amide bonds. The number of nitrogens with zero attached hydrogens (tertiary/aromatic N) is 1. The molecule has 21 heavy (non-hydrogen) atoms. The Hall–Kier alpha value is -2.10. The first-order valence-electron chi connectivity index (χ1n) is 7.36. The van der Waals surface area contributed by atoms with Gasteiger partial charge in [-0.15, -0.1) is 0 Å². The number of rotatable bonds is 4. The standard InChI is InChI=1S/C17H19NO3/c1-12-6-8-13(9-7-12)21-11-10-18-16(19)14-4-2-3-5-15(14)17(18)20/h2-3,6-9,14-15H,4-5,10-11H2,1H3/t14-,15+. The minimum Gasteiger partial charge on any atom is -0.492 e. The zero-order chi connectivity index (χ0) is 14.8. The number of ether oxygens (including phenoxy) is 1. The van der Waals surface area contributed by atoms with Crippen LogP contribution in [-0.2, 0) is 9.59 Å². The summed E-state index contributed by atoms with van der Waals surface area (Å²) in [7, 11) is 0. The number of amides is 2. The number of aryl methyl sites for hydroxylation is 1. The molecular formula is C17H19NO3. The fourth-order valence-corrected chi connectivity index (χ4v) is 2.98. The van der Waals surface area contributed by atoms with Crippen molar-refractivity contribution in [1.29, 1.82) is 0 Å². The van der Waals surface area contributed by atoms with Gasteiger partial charge in [0.15, 0.2) is 0 Å². The van der Waals surface area contributed by atoms with E-state index in [1.807, 2.05) is 43.3 Å². The van der Waals surface area contributed by atoms with Gasteiger partial charge in [-0.3, -0.25) is 14.5 Å². The molecular weight excluding hydrogens is 266 g/mol. The second kappa shape index (κ2) is 5.72. The van der Waals surface area contributed by atoms with E-state index in [0.717, 1.165) is 5.75 Å². The molecule has 1 fully saturated rings. The molecule has 0 unspecified atom stereocenters. The van der Waals surface area contributed by atoms with Gasteiger partial charge in [-0.1, -0.05) is 29.8 Å². The third-order valence-corrected chi connectivity index (χ3v) is 4.20. The highest BCUT2D eigenvalue weighted by atomic mass is 16.5. The van der Waals surface area contributed by atoms with Crippen molar-refractivity contribution in [3.63, 3.8) is 0 Å². The molecule has 1 aromatic carbocycles. The molecule has 0 radical (unpaired) electrons. The van der Waals surface area contributed by atoms with Crippen molar-refractivity contribution in [3.8, 4) is 5.75 Å². The van der Waals surface area contributed by atoms with E-state index in [0.29, 0.717) is 26.0 Å². The van der Waals surface area contributed by atoms with Crippen molar-refractivity contribution < 1.29 is 14.3 Å². The summed E-state index contributed by atoms with van der Waals surface area (Å²) in [5.41, 5.74) is 1.17. The Bertz CT molecular complexity index is 550. The number of hydrogen-bond acceptors (Lipinski definition) is 3. The zero-order valence-corrected chi connectivity index (χ0v) is 12.1. The summed E-state index contributed by atoms with van der Waals surface area (Å²) in [4.78, 5) is 25.9. The molecule has 1 saturated heterocycles. The van der Waals surface area contributed by atoms with Crippen LogP contribution < -0.4 is 4.74 Å². The van der Waals surface area contributed by atoms with Crippen LogP contribution in [0.3, 0.4) is 0 Å². The van der Waals surface area contributed by atoms with Crippen molar-refractivity contribution in [2.24, 2.45) is 11.8 Å². The fraction of sp³-hybridized carbons (Fsp3) is 0.412. The predicted octanol–water partition coefficient (Wildman–Crippen LogP) is 2.33. The Balaban J connectivity index is 1.57. The summed E-state index contributed by atoms with van der Waals surface area (Å²) in [5, 5.41) is 0. The molecule has 0 spiro atoms. The lowest BCUT2D eigenvalue weighted by molar-refractivity contribution is -0.140. The van der Waals surface area contributed by atoms with Gasteiger partial charge in [0.05, 0.1) is 18.4 Å². The van der Waals surface area contributed by atoms with E-state index in [4.69, 9.17) is 4.74 Å². The number of likely N-dealkylation sites (tertiary alicyclic amines) is 1. The highest BCUT2D eigenvalue weighted by Gasteiger charge is 2.46. The largest absolute Gasteiger partial charge is 0.492 e. The Labute approximate surface area is 124 Å². The highest BCUT2D eigenvalue weighted by Crippen LogP contribution is 2.34. The number of carbonyl (C=O) groups is 2. The number of hydrogen-bond donors (Lipinski definition) is 0. The van der Waals surface area contributed by atoms with Crippen molar-refractivity contribution in [2.45, 2.75) is 19.8 Å². The lowest BCUT2D eigenvalue weighted by Crippen LogP contribution is -2.34. The highest BCUT2D eigenvalue weighted by molar-refractivity contribution is 6.05. The van der Waals surface area contributed by atoms with Crippen molar-refractivity contribution >= 4 is 11.8 Å². The van der Waals surface area contributed by atoms with Crippen LogP contribution in [-0.4, -0.2) is 29.9 Å². The zero-order valence-electron chi connectivity index (χ0n) is 12.1. The van der Waals surface area contributed by atoms with Crippen molar-refractivity contribution in [3.05, 3.63) is 42.0 Å². The molecule has 0 aromatic heterocycles. The molecule has 2 atom stereocenters. The summed E-state index contributed by atoms with van der Waals surface area (Å²) >= 11 is 0. The SMILES string of the molecule is Cc1ccc(OCCN2C(=O)[C@H]3CC=CC[C@H]3C2=O)cc1. The monoisotopic (exact) mass is 285 g/mol. The molecule has 1 aliphatic heterocycles. The molecule has 4 heteroatoms. The van der Waals surface area contributed by atoms with Crippen LogP contribution in [0.5, 0.6) is 5.75 Å². The van der Waals surface area contributed by atoms with E-state index in [1.54, 1.807) is 0 Å². The number of allylic oxidation sites excluding steroid dienone is 2. The third kappa shape index (κ3) is 2.71. The maximum Gasteiger partial charge on any atom is 0.233 e. The van der Waals surface area contributed by atoms with Crippen molar-refractivity contribution in [1.82, 2.24) is 4.90 Å². The fourth-order valence-electron chi connectivity index (χ4n) is 2.98. The molecule has 0 N–H and O–H groups in total. The Kier molecular flexibility index (Phi) is 3.78. The van der Waals surface area contributed by atoms with Crippen molar-refractivity contribution in [2.75, 3.05) is 13.2 Å². The van der Waals surface area contributed by atoms with Gasteiger partial charge in [0.25, 0.3) is 0 Å². The minimum atomic E-state index is -0.151. The van der Waals surface area contributed by atoms with Crippen LogP contribution in [0.25, 0.3) is 0 Å². The van der Waals surface area contributed by atoms with Crippen LogP contribution >= 0.6 is 0 Å². The summed E-state index contributed by atoms with van der Waals surface area (Å²) in [6.45, 7) is 2.69. The van der Waals surface area contributed by atoms with Gasteiger partial charge in [-0.05, 0) is 31.9 Å². The average Bonchev–Trinajstić information content (AvgIpc) is 2.75. The molecule has 3 rings (SSSR count). The molecule has 0 saturated carbocycles. The predicted molar refractivity (Wildman–Crippen MR) is 78.7 cm³/mol. The van der Waals surface area contributed by atoms with Gasteiger partial charge in [0.2, 0.25) is 11.8 Å². The average molecular weight is 285 g/mol. The van der Waals surface area contributed by atoms with Gasteiger partial charge in [0, 0.05) is 0 Å². The van der Waals surface area contributed by atoms with Gasteiger partial charge < -0.3 is 4.74 Å². The normalized spacial score (nSPS) is 24.3. The second-order valence-corrected chi connectivity index (χ2v) is 5.65. The first kappa shape index (κ1) is 13.9. The summed E-state index contributed by atoms with van der Waals surface area (Å²) < 4.78 is 5.61. The van der Waals surface area contributed by atoms with E-state index in [-0.39, 0.29) is 23.7 Å². The van der Waals surface area contributed by atoms with E-state index >= 15 is 0 Å². The molecule has 1 aromatic rings. The number of carbonyl (C=O) groups excluding carboxylic acids is 2. The van der Waals surface area contributed by atoms with E-state index in [1.165, 1.54) is 10.5 Å². The first-order valence-corrected chi connectivity index (χ1v) is 7.36. The number of imide groups is 1. The van der Waals surface area contributed by atoms with Gasteiger partial charge in [-0.25, -0.2) is 0 Å². The van der Waals surface area contributed by atoms with Crippen LogP contribution in [0.2, 0.25) is 0 Å². The van der Waals surface area contributed by atoms with E-state index in [9.17, 15) is 9.59 Å². The van der Waals surface area contributed by atoms with Crippen LogP contribution in [0, 0.1) is 18.8 Å². The molecule has 0 bridgehead atoms. The lowest BCUT2D eigenvalue weighted by Gasteiger charge is -2.15. The van der Waals surface area contributed by atoms with E-state index < -0.39 is 0 Å². The smallest absolute Gasteiger partial charge is 0.233 e. The Morgan fingerprint density at radius 3 is 2.19 bits per heavy atom. The molecule has 2 aliphatic rings. The quantitative estimate of drug-likeness (QED) is 0.630. The molecule has 1 heterocycles. The number of fused-ring (bicyclic) bond motifs is 1. The van der Waals surface area contributed by atoms with Crippen LogP contribution in [0.4, 0.5) is 0 Å². The van der Waals surface area contributed by atoms with E-state index in [2.05, 4.69) is 0 Å². The second-order valence-electron chi connectivity index (χ2n) is 5.65. The lowest BCUT2D eigenvalue weighted by atomic mass is 9.85. The third-order valence-electron chi connectivity index (χ3n) is 4.20. The van der Waals surface area contributed by atoms with Gasteiger partial charge >= 0.3 is 0 Å². The van der Waals surface area contributed by atoms with Crippen LogP contribution in [0.1, 0.15) is 18.4 Å². The minimum absolute atomic E-state index is 0.0399. The summed E-state index contributed by atoms with van der Waals surface area (Å²) in [6.07, 6.45) is 5.37.